The Labute approximate surface area is 96.1 Å². The topological polar surface area (TPSA) is 71.8 Å². The molecule has 0 fully saturated rings. The first-order valence-corrected chi connectivity index (χ1v) is 5.15. The number of hydrogen-bond acceptors (Lipinski definition) is 4. The Morgan fingerprint density at radius 2 is 2.18 bits per heavy atom. The molecule has 84 valence electrons. The fraction of sp³-hybridized carbons (Fsp3) is 0.0833. The van der Waals surface area contributed by atoms with Crippen LogP contribution in [0.5, 0.6) is 0 Å². The lowest BCUT2D eigenvalue weighted by molar-refractivity contribution is 0.555. The molecule has 0 unspecified atom stereocenters. The molecular weight excluding hydrogens is 218 g/mol. The molecule has 2 heterocycles. The predicted octanol–water partition coefficient (Wildman–Crippen LogP) is 1.89. The fourth-order valence-corrected chi connectivity index (χ4v) is 1.73. The summed E-state index contributed by atoms with van der Waals surface area (Å²) in [5.74, 6) is 0.263. The van der Waals surface area contributed by atoms with Crippen LogP contribution in [0.2, 0.25) is 0 Å². The number of aromatic amines is 1. The number of rotatable bonds is 1. The van der Waals surface area contributed by atoms with Gasteiger partial charge < -0.3 is 4.42 Å². The van der Waals surface area contributed by atoms with Gasteiger partial charge in [-0.1, -0.05) is 0 Å². The minimum Gasteiger partial charge on any atom is -0.408 e. The number of nitrogens with one attached hydrogen (secondary N) is 1. The second-order valence-corrected chi connectivity index (χ2v) is 3.71. The highest BCUT2D eigenvalue weighted by Crippen LogP contribution is 2.20. The summed E-state index contributed by atoms with van der Waals surface area (Å²) in [5, 5.41) is 0. The summed E-state index contributed by atoms with van der Waals surface area (Å²) in [6.07, 6.45) is 1.71. The zero-order valence-electron chi connectivity index (χ0n) is 9.10. The monoisotopic (exact) mass is 227 g/mol. The molecular formula is C12H9N3O2. The van der Waals surface area contributed by atoms with Crippen molar-refractivity contribution < 1.29 is 4.42 Å². The van der Waals surface area contributed by atoms with E-state index in [4.69, 9.17) is 4.42 Å². The Hall–Kier alpha value is -2.43. The molecule has 2 aromatic heterocycles. The number of oxazole rings is 1. The molecule has 0 spiro atoms. The number of fused-ring (bicyclic) bond motifs is 1. The van der Waals surface area contributed by atoms with Crippen LogP contribution in [0.4, 0.5) is 0 Å². The number of H-pyrrole nitrogens is 1. The van der Waals surface area contributed by atoms with Gasteiger partial charge in [0.2, 0.25) is 0 Å². The van der Waals surface area contributed by atoms with Crippen LogP contribution in [0.25, 0.3) is 22.4 Å². The maximum atomic E-state index is 11.0. The van der Waals surface area contributed by atoms with Gasteiger partial charge in [-0.2, -0.15) is 0 Å². The van der Waals surface area contributed by atoms with Crippen LogP contribution < -0.4 is 5.76 Å². The highest BCUT2D eigenvalue weighted by molar-refractivity contribution is 5.78. The Kier molecular flexibility index (Phi) is 2.04. The van der Waals surface area contributed by atoms with Gasteiger partial charge in [0.05, 0.1) is 11.2 Å². The van der Waals surface area contributed by atoms with Gasteiger partial charge in [0.15, 0.2) is 5.58 Å². The van der Waals surface area contributed by atoms with Crippen LogP contribution >= 0.6 is 0 Å². The minimum absolute atomic E-state index is 0.448. The van der Waals surface area contributed by atoms with Crippen molar-refractivity contribution in [2.75, 3.05) is 0 Å². The van der Waals surface area contributed by atoms with Crippen molar-refractivity contribution in [3.8, 4) is 11.3 Å². The number of nitrogens with zero attached hydrogens (tertiary/aromatic N) is 2. The maximum Gasteiger partial charge on any atom is 0.417 e. The molecule has 0 saturated carbocycles. The van der Waals surface area contributed by atoms with E-state index in [9.17, 15) is 4.79 Å². The molecule has 0 aliphatic heterocycles. The average Bonchev–Trinajstić information content (AvgIpc) is 2.68. The molecule has 17 heavy (non-hydrogen) atoms. The van der Waals surface area contributed by atoms with Crippen LogP contribution in [0.15, 0.2) is 39.7 Å². The molecule has 3 aromatic rings. The molecule has 3 rings (SSSR count). The first-order valence-electron chi connectivity index (χ1n) is 5.15. The summed E-state index contributed by atoms with van der Waals surface area (Å²) in [4.78, 5) is 22.0. The quantitative estimate of drug-likeness (QED) is 0.689. The molecule has 0 aliphatic rings. The second-order valence-electron chi connectivity index (χ2n) is 3.71. The Balaban J connectivity index is 2.20. The van der Waals surface area contributed by atoms with E-state index in [-0.39, 0.29) is 0 Å². The molecule has 0 radical (unpaired) electrons. The van der Waals surface area contributed by atoms with Crippen molar-refractivity contribution >= 4 is 11.1 Å². The van der Waals surface area contributed by atoms with E-state index in [2.05, 4.69) is 15.0 Å². The predicted molar refractivity (Wildman–Crippen MR) is 62.6 cm³/mol. The molecule has 0 amide bonds. The van der Waals surface area contributed by atoms with Crippen molar-refractivity contribution in [1.29, 1.82) is 0 Å². The summed E-state index contributed by atoms with van der Waals surface area (Å²) in [7, 11) is 0. The number of benzene rings is 1. The summed E-state index contributed by atoms with van der Waals surface area (Å²) < 4.78 is 4.94. The zero-order valence-corrected chi connectivity index (χ0v) is 9.10. The van der Waals surface area contributed by atoms with Crippen molar-refractivity contribution in [3.05, 3.63) is 46.8 Å². The number of aryl methyl sites for hydroxylation is 1. The van der Waals surface area contributed by atoms with Crippen molar-refractivity contribution in [1.82, 2.24) is 15.0 Å². The molecule has 5 heteroatoms. The maximum absolute atomic E-state index is 11.0. The molecule has 0 aliphatic carbocycles. The van der Waals surface area contributed by atoms with E-state index in [1.807, 2.05) is 25.1 Å². The van der Waals surface area contributed by atoms with Gasteiger partial charge in [-0.15, -0.1) is 0 Å². The van der Waals surface area contributed by atoms with Crippen molar-refractivity contribution in [3.63, 3.8) is 0 Å². The van der Waals surface area contributed by atoms with Gasteiger partial charge in [0.1, 0.15) is 5.82 Å². The summed E-state index contributed by atoms with van der Waals surface area (Å²) in [6, 6.07) is 7.27. The van der Waals surface area contributed by atoms with Gasteiger partial charge in [0.25, 0.3) is 0 Å². The largest absolute Gasteiger partial charge is 0.417 e. The first-order chi connectivity index (χ1) is 8.22. The molecule has 1 aromatic carbocycles. The lowest BCUT2D eigenvalue weighted by Crippen LogP contribution is -1.93. The van der Waals surface area contributed by atoms with Crippen LogP contribution in [-0.2, 0) is 0 Å². The van der Waals surface area contributed by atoms with Crippen LogP contribution in [0.3, 0.4) is 0 Å². The van der Waals surface area contributed by atoms with Crippen molar-refractivity contribution in [2.24, 2.45) is 0 Å². The minimum atomic E-state index is -0.448. The Morgan fingerprint density at radius 3 is 3.00 bits per heavy atom. The smallest absolute Gasteiger partial charge is 0.408 e. The third kappa shape index (κ3) is 1.71. The van der Waals surface area contributed by atoms with Crippen LogP contribution in [0.1, 0.15) is 5.82 Å². The molecule has 0 saturated heterocycles. The number of aromatic nitrogens is 3. The van der Waals surface area contributed by atoms with E-state index in [1.54, 1.807) is 12.3 Å². The molecule has 0 atom stereocenters. The van der Waals surface area contributed by atoms with Gasteiger partial charge in [0, 0.05) is 11.8 Å². The Bertz CT molecular complexity index is 743. The lowest BCUT2D eigenvalue weighted by atomic mass is 10.1. The van der Waals surface area contributed by atoms with Gasteiger partial charge in [-0.3, -0.25) is 4.98 Å². The highest BCUT2D eigenvalue weighted by atomic mass is 16.4. The summed E-state index contributed by atoms with van der Waals surface area (Å²) in [6.45, 7) is 1.84. The van der Waals surface area contributed by atoms with E-state index < -0.39 is 5.76 Å². The SMILES string of the molecule is Cc1nccc(-c2ccc3oc(=O)[nH]c3c2)n1. The summed E-state index contributed by atoms with van der Waals surface area (Å²) >= 11 is 0. The van der Waals surface area contributed by atoms with Gasteiger partial charge in [-0.25, -0.2) is 14.8 Å². The standard InChI is InChI=1S/C12H9N3O2/c1-7-13-5-4-9(14-7)8-2-3-11-10(6-8)15-12(16)17-11/h2-6H,1H3,(H,15,16). The van der Waals surface area contributed by atoms with E-state index >= 15 is 0 Å². The number of hydrogen-bond donors (Lipinski definition) is 1. The van der Waals surface area contributed by atoms with Gasteiger partial charge in [-0.05, 0) is 31.2 Å². The summed E-state index contributed by atoms with van der Waals surface area (Å²) in [5.41, 5.74) is 2.95. The van der Waals surface area contributed by atoms with E-state index in [1.165, 1.54) is 0 Å². The lowest BCUT2D eigenvalue weighted by Gasteiger charge is -2.00. The fourth-order valence-electron chi connectivity index (χ4n) is 1.73. The van der Waals surface area contributed by atoms with E-state index in [0.29, 0.717) is 16.9 Å². The second kappa shape index (κ2) is 3.55. The first kappa shape index (κ1) is 9.77. The van der Waals surface area contributed by atoms with E-state index in [0.717, 1.165) is 11.3 Å². The third-order valence-electron chi connectivity index (χ3n) is 2.49. The Morgan fingerprint density at radius 1 is 1.29 bits per heavy atom. The molecule has 0 bridgehead atoms. The highest BCUT2D eigenvalue weighted by Gasteiger charge is 2.04. The third-order valence-corrected chi connectivity index (χ3v) is 2.49. The molecule has 1 N–H and O–H groups in total. The van der Waals surface area contributed by atoms with Crippen LogP contribution in [0, 0.1) is 6.92 Å². The average molecular weight is 227 g/mol. The molecule has 5 nitrogen and oxygen atoms in total. The zero-order chi connectivity index (χ0) is 11.8. The normalized spacial score (nSPS) is 10.9. The van der Waals surface area contributed by atoms with Crippen LogP contribution in [-0.4, -0.2) is 15.0 Å². The van der Waals surface area contributed by atoms with Crippen molar-refractivity contribution in [2.45, 2.75) is 6.92 Å². The van der Waals surface area contributed by atoms with Gasteiger partial charge >= 0.3 is 5.76 Å².